The number of pyridine rings is 1. The lowest BCUT2D eigenvalue weighted by Gasteiger charge is -2.13. The number of aromatic amines is 2. The molecule has 1 fully saturated rings. The van der Waals surface area contributed by atoms with Crippen molar-refractivity contribution in [3.05, 3.63) is 50.9 Å². The average Bonchev–Trinajstić information content (AvgIpc) is 3.53. The van der Waals surface area contributed by atoms with Gasteiger partial charge < -0.3 is 24.4 Å². The largest absolute Gasteiger partial charge is 0.504 e. The van der Waals surface area contributed by atoms with Gasteiger partial charge in [-0.3, -0.25) is 19.4 Å². The third-order valence-corrected chi connectivity index (χ3v) is 6.60. The molecule has 3 aromatic heterocycles. The van der Waals surface area contributed by atoms with Crippen LogP contribution in [0, 0.1) is 0 Å². The van der Waals surface area contributed by atoms with E-state index in [1.807, 2.05) is 4.68 Å². The fourth-order valence-corrected chi connectivity index (χ4v) is 5.02. The topological polar surface area (TPSA) is 133 Å². The Balaban J connectivity index is 1.80. The number of nitrogens with zero attached hydrogens (tertiary/aromatic N) is 1. The second-order valence-corrected chi connectivity index (χ2v) is 8.45. The van der Waals surface area contributed by atoms with Gasteiger partial charge in [0.2, 0.25) is 11.2 Å². The number of furan rings is 1. The first-order valence-corrected chi connectivity index (χ1v) is 10.8. The van der Waals surface area contributed by atoms with E-state index in [2.05, 4.69) is 10.1 Å². The van der Waals surface area contributed by atoms with Crippen LogP contribution < -0.4 is 15.7 Å². The van der Waals surface area contributed by atoms with Crippen LogP contribution in [0.1, 0.15) is 31.7 Å². The molecule has 0 radical (unpaired) electrons. The summed E-state index contributed by atoms with van der Waals surface area (Å²) in [5.41, 5.74) is 1.63. The van der Waals surface area contributed by atoms with Crippen LogP contribution in [-0.2, 0) is 0 Å². The van der Waals surface area contributed by atoms with Gasteiger partial charge in [-0.25, -0.2) is 0 Å². The number of rotatable bonds is 3. The first-order valence-electron chi connectivity index (χ1n) is 10.8. The highest BCUT2D eigenvalue weighted by Gasteiger charge is 2.27. The Morgan fingerprint density at radius 2 is 1.88 bits per heavy atom. The van der Waals surface area contributed by atoms with Gasteiger partial charge in [0, 0.05) is 10.9 Å². The smallest absolute Gasteiger partial charge is 0.274 e. The third-order valence-electron chi connectivity index (χ3n) is 6.60. The Morgan fingerprint density at radius 1 is 1.09 bits per heavy atom. The van der Waals surface area contributed by atoms with Crippen LogP contribution in [-0.4, -0.2) is 32.1 Å². The first-order chi connectivity index (χ1) is 16.0. The molecule has 9 heteroatoms. The highest BCUT2D eigenvalue weighted by atomic mass is 16.5. The molecule has 1 aliphatic rings. The zero-order valence-electron chi connectivity index (χ0n) is 17.8. The van der Waals surface area contributed by atoms with Crippen molar-refractivity contribution in [1.29, 1.82) is 0 Å². The van der Waals surface area contributed by atoms with E-state index in [1.54, 1.807) is 18.2 Å². The monoisotopic (exact) mass is 447 g/mol. The van der Waals surface area contributed by atoms with E-state index in [1.165, 1.54) is 19.2 Å². The molecule has 5 aromatic rings. The van der Waals surface area contributed by atoms with Gasteiger partial charge in [0.25, 0.3) is 5.56 Å². The first kappa shape index (κ1) is 19.5. The van der Waals surface area contributed by atoms with Crippen molar-refractivity contribution >= 4 is 33.1 Å². The maximum Gasteiger partial charge on any atom is 0.274 e. The SMILES string of the molecule is COc1ccc(-c2c3oc4c(O)c(=O)ccc4c3[nH]c3c2c(=O)[nH]n3C2CCCC2)cc1O. The lowest BCUT2D eigenvalue weighted by atomic mass is 10.0. The van der Waals surface area contributed by atoms with Crippen LogP contribution in [0.15, 0.2) is 44.3 Å². The molecule has 0 spiro atoms. The quantitative estimate of drug-likeness (QED) is 0.329. The normalized spacial score (nSPS) is 14.7. The molecule has 1 aliphatic carbocycles. The van der Waals surface area contributed by atoms with Crippen molar-refractivity contribution in [2.75, 3.05) is 7.11 Å². The van der Waals surface area contributed by atoms with Crippen molar-refractivity contribution in [2.24, 2.45) is 0 Å². The fraction of sp³-hybridized carbons (Fsp3) is 0.250. The maximum absolute atomic E-state index is 13.2. The zero-order valence-corrected chi connectivity index (χ0v) is 17.8. The molecule has 0 unspecified atom stereocenters. The number of fused-ring (bicyclic) bond motifs is 4. The van der Waals surface area contributed by atoms with Gasteiger partial charge in [-0.15, -0.1) is 0 Å². The summed E-state index contributed by atoms with van der Waals surface area (Å²) in [4.78, 5) is 28.6. The van der Waals surface area contributed by atoms with Gasteiger partial charge >= 0.3 is 0 Å². The predicted octanol–water partition coefficient (Wildman–Crippen LogP) is 4.12. The number of hydrogen-bond donors (Lipinski definition) is 4. The van der Waals surface area contributed by atoms with Crippen LogP contribution in [0.4, 0.5) is 0 Å². The summed E-state index contributed by atoms with van der Waals surface area (Å²) in [7, 11) is 1.46. The Labute approximate surface area is 185 Å². The summed E-state index contributed by atoms with van der Waals surface area (Å²) in [6.07, 6.45) is 4.08. The van der Waals surface area contributed by atoms with Gasteiger partial charge in [-0.1, -0.05) is 18.9 Å². The number of nitrogens with one attached hydrogen (secondary N) is 2. The average molecular weight is 447 g/mol. The summed E-state index contributed by atoms with van der Waals surface area (Å²) in [6.45, 7) is 0. The number of phenols is 2. The van der Waals surface area contributed by atoms with Crippen LogP contribution in [0.25, 0.3) is 44.2 Å². The second kappa shape index (κ2) is 6.93. The van der Waals surface area contributed by atoms with Crippen molar-refractivity contribution in [2.45, 2.75) is 31.7 Å². The summed E-state index contributed by atoms with van der Waals surface area (Å²) in [5.74, 6) is -0.279. The number of phenolic OH excluding ortho intramolecular Hbond substituents is 2. The minimum atomic E-state index is -0.553. The Morgan fingerprint density at radius 3 is 2.61 bits per heavy atom. The lowest BCUT2D eigenvalue weighted by molar-refractivity contribution is 0.373. The van der Waals surface area contributed by atoms with Crippen molar-refractivity contribution in [3.63, 3.8) is 0 Å². The maximum atomic E-state index is 13.2. The zero-order chi connectivity index (χ0) is 22.9. The van der Waals surface area contributed by atoms with E-state index in [-0.39, 0.29) is 22.9 Å². The highest BCUT2D eigenvalue weighted by molar-refractivity contribution is 6.15. The molecule has 0 saturated heterocycles. The van der Waals surface area contributed by atoms with Crippen molar-refractivity contribution in [3.8, 4) is 28.4 Å². The molecule has 168 valence electrons. The molecule has 4 N–H and O–H groups in total. The summed E-state index contributed by atoms with van der Waals surface area (Å²) in [6, 6.07) is 7.87. The van der Waals surface area contributed by atoms with Crippen LogP contribution in [0.2, 0.25) is 0 Å². The molecule has 1 saturated carbocycles. The molecule has 0 bridgehead atoms. The van der Waals surface area contributed by atoms with Gasteiger partial charge in [-0.05, 0) is 42.7 Å². The fourth-order valence-electron chi connectivity index (χ4n) is 5.02. The predicted molar refractivity (Wildman–Crippen MR) is 123 cm³/mol. The molecule has 9 nitrogen and oxygen atoms in total. The van der Waals surface area contributed by atoms with Crippen LogP contribution in [0.3, 0.4) is 0 Å². The third kappa shape index (κ3) is 2.71. The number of hydrogen-bond acceptors (Lipinski definition) is 6. The Bertz CT molecular complexity index is 1680. The summed E-state index contributed by atoms with van der Waals surface area (Å²) < 4.78 is 13.0. The number of methoxy groups -OCH3 is 1. The molecule has 33 heavy (non-hydrogen) atoms. The number of aromatic hydroxyl groups is 2. The molecule has 0 atom stereocenters. The van der Waals surface area contributed by atoms with Crippen LogP contribution in [0.5, 0.6) is 17.2 Å². The van der Waals surface area contributed by atoms with Crippen molar-refractivity contribution in [1.82, 2.24) is 14.8 Å². The number of aromatic nitrogens is 3. The van der Waals surface area contributed by atoms with E-state index < -0.39 is 11.2 Å². The number of H-pyrrole nitrogens is 2. The van der Waals surface area contributed by atoms with Crippen LogP contribution >= 0.6 is 0 Å². The second-order valence-electron chi connectivity index (χ2n) is 8.45. The Kier molecular flexibility index (Phi) is 4.10. The van der Waals surface area contributed by atoms with Gasteiger partial charge in [0.1, 0.15) is 5.65 Å². The molecule has 6 rings (SSSR count). The molecular formula is C24H21N3O6. The van der Waals surface area contributed by atoms with E-state index in [0.717, 1.165) is 25.7 Å². The molecule has 0 aliphatic heterocycles. The van der Waals surface area contributed by atoms with Gasteiger partial charge in [0.05, 0.1) is 24.1 Å². The standard InChI is InChI=1S/C24H21N3O6/c1-32-16-9-6-11(10-15(16)29)17-18-23(27(26-24(18)31)12-4-2-3-5-12)25-19-13-7-8-14(28)20(30)21(13)33-22(17)19/h6-10,12,25,29-30H,2-5H2,1H3,(H,26,31). The molecule has 3 heterocycles. The molecule has 2 aromatic carbocycles. The Hall–Kier alpha value is -4.14. The number of benzene rings is 2. The van der Waals surface area contributed by atoms with E-state index in [9.17, 15) is 19.8 Å². The lowest BCUT2D eigenvalue weighted by Crippen LogP contribution is -2.10. The minimum absolute atomic E-state index is 0.0456. The molecular weight excluding hydrogens is 426 g/mol. The van der Waals surface area contributed by atoms with E-state index >= 15 is 0 Å². The van der Waals surface area contributed by atoms with Gasteiger partial charge in [0.15, 0.2) is 22.7 Å². The molecule has 0 amide bonds. The minimum Gasteiger partial charge on any atom is -0.504 e. The highest BCUT2D eigenvalue weighted by Crippen LogP contribution is 2.42. The number of ether oxygens (including phenoxy) is 1. The van der Waals surface area contributed by atoms with E-state index in [0.29, 0.717) is 44.4 Å². The summed E-state index contributed by atoms with van der Waals surface area (Å²) in [5, 5.41) is 24.7. The summed E-state index contributed by atoms with van der Waals surface area (Å²) >= 11 is 0. The van der Waals surface area contributed by atoms with E-state index in [4.69, 9.17) is 9.15 Å². The van der Waals surface area contributed by atoms with Gasteiger partial charge in [-0.2, -0.15) is 0 Å². The van der Waals surface area contributed by atoms with Crippen molar-refractivity contribution < 1.29 is 19.4 Å².